The highest BCUT2D eigenvalue weighted by Crippen LogP contribution is 2.32. The fraction of sp³-hybridized carbons (Fsp3) is 0.278. The number of hydrogen-bond donors (Lipinski definition) is 1. The van der Waals surface area contributed by atoms with Crippen molar-refractivity contribution in [2.75, 3.05) is 29.0 Å². The van der Waals surface area contributed by atoms with Crippen LogP contribution < -0.4 is 14.4 Å². The van der Waals surface area contributed by atoms with Crippen LogP contribution in [0.2, 0.25) is 10.0 Å². The van der Waals surface area contributed by atoms with Crippen LogP contribution in [0.1, 0.15) is 23.2 Å². The van der Waals surface area contributed by atoms with E-state index in [9.17, 15) is 13.2 Å². The summed E-state index contributed by atoms with van der Waals surface area (Å²) >= 11 is 12.3. The van der Waals surface area contributed by atoms with E-state index in [1.807, 2.05) is 0 Å². The van der Waals surface area contributed by atoms with Crippen molar-refractivity contribution in [2.24, 2.45) is 0 Å². The van der Waals surface area contributed by atoms with E-state index in [2.05, 4.69) is 5.32 Å². The van der Waals surface area contributed by atoms with Crippen LogP contribution in [0.4, 0.5) is 11.4 Å². The number of carbonyl (C=O) groups is 1. The van der Waals surface area contributed by atoms with Crippen molar-refractivity contribution in [3.63, 3.8) is 0 Å². The summed E-state index contributed by atoms with van der Waals surface area (Å²) in [6, 6.07) is 9.44. The summed E-state index contributed by atoms with van der Waals surface area (Å²) in [6.07, 6.45) is 1.37. The zero-order chi connectivity index (χ0) is 19.6. The summed E-state index contributed by atoms with van der Waals surface area (Å²) in [5.41, 5.74) is 1.10. The molecule has 0 atom stereocenters. The van der Waals surface area contributed by atoms with E-state index < -0.39 is 15.9 Å². The molecule has 0 aromatic heterocycles. The number of nitrogens with one attached hydrogen (secondary N) is 1. The molecule has 0 radical (unpaired) electrons. The smallest absolute Gasteiger partial charge is 0.255 e. The summed E-state index contributed by atoms with van der Waals surface area (Å²) in [7, 11) is -1.92. The third-order valence-corrected chi connectivity index (χ3v) is 6.71. The van der Waals surface area contributed by atoms with Gasteiger partial charge in [0.25, 0.3) is 5.91 Å². The topological polar surface area (TPSA) is 75.7 Å². The van der Waals surface area contributed by atoms with E-state index in [1.165, 1.54) is 23.5 Å². The van der Waals surface area contributed by atoms with E-state index in [0.29, 0.717) is 40.7 Å². The van der Waals surface area contributed by atoms with Crippen LogP contribution in [-0.2, 0) is 10.0 Å². The van der Waals surface area contributed by atoms with Gasteiger partial charge in [-0.15, -0.1) is 0 Å². The number of anilines is 2. The Morgan fingerprint density at radius 1 is 1.11 bits per heavy atom. The lowest BCUT2D eigenvalue weighted by Gasteiger charge is -2.29. The summed E-state index contributed by atoms with van der Waals surface area (Å²) in [5, 5.41) is 3.38. The maximum Gasteiger partial charge on any atom is 0.255 e. The second kappa shape index (κ2) is 7.96. The number of rotatable bonds is 4. The Labute approximate surface area is 168 Å². The van der Waals surface area contributed by atoms with Gasteiger partial charge in [-0.25, -0.2) is 8.42 Å². The van der Waals surface area contributed by atoms with Gasteiger partial charge in [0.2, 0.25) is 10.0 Å². The maximum atomic E-state index is 12.6. The number of nitrogens with zero attached hydrogens (tertiary/aromatic N) is 1. The van der Waals surface area contributed by atoms with Crippen molar-refractivity contribution in [3.05, 3.63) is 52.0 Å². The molecular formula is C18H18Cl2N2O4S. The first-order valence-corrected chi connectivity index (χ1v) is 10.6. The Morgan fingerprint density at radius 2 is 1.89 bits per heavy atom. The maximum absolute atomic E-state index is 12.6. The van der Waals surface area contributed by atoms with Crippen molar-refractivity contribution < 1.29 is 17.9 Å². The summed E-state index contributed by atoms with van der Waals surface area (Å²) in [6.45, 7) is 0.348. The van der Waals surface area contributed by atoms with Crippen LogP contribution in [0, 0.1) is 0 Å². The van der Waals surface area contributed by atoms with Crippen molar-refractivity contribution in [2.45, 2.75) is 12.8 Å². The highest BCUT2D eigenvalue weighted by atomic mass is 35.5. The minimum absolute atomic E-state index is 0.0735. The minimum atomic E-state index is -3.43. The lowest BCUT2D eigenvalue weighted by Crippen LogP contribution is -2.38. The normalized spacial score (nSPS) is 16.0. The number of methoxy groups -OCH3 is 1. The van der Waals surface area contributed by atoms with E-state index in [4.69, 9.17) is 27.9 Å². The summed E-state index contributed by atoms with van der Waals surface area (Å²) < 4.78 is 31.1. The Balaban J connectivity index is 1.87. The highest BCUT2D eigenvalue weighted by molar-refractivity contribution is 7.92. The lowest BCUT2D eigenvalue weighted by molar-refractivity contribution is 0.102. The van der Waals surface area contributed by atoms with Crippen LogP contribution in [0.15, 0.2) is 36.4 Å². The molecule has 1 aliphatic heterocycles. The third kappa shape index (κ3) is 4.31. The largest absolute Gasteiger partial charge is 0.495 e. The van der Waals surface area contributed by atoms with Gasteiger partial charge in [0, 0.05) is 17.8 Å². The lowest BCUT2D eigenvalue weighted by atomic mass is 10.1. The molecule has 1 aliphatic rings. The Morgan fingerprint density at radius 3 is 2.56 bits per heavy atom. The van der Waals surface area contributed by atoms with Crippen molar-refractivity contribution in [1.29, 1.82) is 0 Å². The first-order chi connectivity index (χ1) is 12.8. The van der Waals surface area contributed by atoms with Gasteiger partial charge in [-0.3, -0.25) is 9.10 Å². The van der Waals surface area contributed by atoms with Gasteiger partial charge in [0.15, 0.2) is 0 Å². The van der Waals surface area contributed by atoms with Crippen LogP contribution in [0.3, 0.4) is 0 Å². The first kappa shape index (κ1) is 19.8. The molecule has 1 fully saturated rings. The Bertz CT molecular complexity index is 979. The molecule has 27 heavy (non-hydrogen) atoms. The van der Waals surface area contributed by atoms with E-state index in [-0.39, 0.29) is 10.8 Å². The number of benzene rings is 2. The quantitative estimate of drug-likeness (QED) is 0.791. The fourth-order valence-corrected chi connectivity index (χ4v) is 5.03. The second-order valence-corrected chi connectivity index (χ2v) is 8.89. The molecule has 1 amide bonds. The van der Waals surface area contributed by atoms with Gasteiger partial charge >= 0.3 is 0 Å². The molecule has 0 saturated carbocycles. The molecule has 2 aromatic rings. The molecular weight excluding hydrogens is 411 g/mol. The zero-order valence-electron chi connectivity index (χ0n) is 14.5. The molecule has 1 saturated heterocycles. The monoisotopic (exact) mass is 428 g/mol. The van der Waals surface area contributed by atoms with Crippen molar-refractivity contribution in [1.82, 2.24) is 0 Å². The standard InChI is InChI=1S/C18H18Cl2N2O4S/c1-26-17-7-5-13(11-15(17)20)21-18(23)12-4-6-14(19)16(10-12)22-8-2-3-9-27(22,24)25/h4-7,10-11H,2-3,8-9H2,1H3,(H,21,23). The summed E-state index contributed by atoms with van der Waals surface area (Å²) in [5.74, 6) is 0.173. The second-order valence-electron chi connectivity index (χ2n) is 6.06. The molecule has 1 heterocycles. The average molecular weight is 429 g/mol. The first-order valence-electron chi connectivity index (χ1n) is 8.26. The molecule has 144 valence electrons. The van der Waals surface area contributed by atoms with Crippen molar-refractivity contribution >= 4 is 50.5 Å². The number of carbonyl (C=O) groups excluding carboxylic acids is 1. The Kier molecular flexibility index (Phi) is 5.83. The zero-order valence-corrected chi connectivity index (χ0v) is 16.9. The molecule has 2 aromatic carbocycles. The van der Waals surface area contributed by atoms with Crippen LogP contribution >= 0.6 is 23.2 Å². The average Bonchev–Trinajstić information content (AvgIpc) is 2.62. The van der Waals surface area contributed by atoms with Crippen LogP contribution in [-0.4, -0.2) is 33.7 Å². The fourth-order valence-electron chi connectivity index (χ4n) is 2.85. The number of amides is 1. The van der Waals surface area contributed by atoms with Gasteiger partial charge in [-0.2, -0.15) is 0 Å². The molecule has 0 aliphatic carbocycles. The minimum Gasteiger partial charge on any atom is -0.495 e. The van der Waals surface area contributed by atoms with Gasteiger partial charge in [-0.05, 0) is 49.2 Å². The predicted molar refractivity (Wildman–Crippen MR) is 108 cm³/mol. The van der Waals surface area contributed by atoms with Gasteiger partial charge in [0.05, 0.1) is 28.6 Å². The van der Waals surface area contributed by atoms with Gasteiger partial charge in [-0.1, -0.05) is 23.2 Å². The van der Waals surface area contributed by atoms with Crippen LogP contribution in [0.5, 0.6) is 5.75 Å². The van der Waals surface area contributed by atoms with E-state index >= 15 is 0 Å². The van der Waals surface area contributed by atoms with Gasteiger partial charge in [0.1, 0.15) is 5.75 Å². The van der Waals surface area contributed by atoms with Crippen LogP contribution in [0.25, 0.3) is 0 Å². The number of ether oxygens (including phenoxy) is 1. The molecule has 3 rings (SSSR count). The SMILES string of the molecule is COc1ccc(NC(=O)c2ccc(Cl)c(N3CCCCS3(=O)=O)c2)cc1Cl. The molecule has 1 N–H and O–H groups in total. The number of halogens is 2. The van der Waals surface area contributed by atoms with E-state index in [0.717, 1.165) is 6.42 Å². The number of hydrogen-bond acceptors (Lipinski definition) is 4. The summed E-state index contributed by atoms with van der Waals surface area (Å²) in [4.78, 5) is 12.6. The highest BCUT2D eigenvalue weighted by Gasteiger charge is 2.28. The third-order valence-electron chi connectivity index (χ3n) is 4.24. The molecule has 0 unspecified atom stereocenters. The van der Waals surface area contributed by atoms with E-state index in [1.54, 1.807) is 24.3 Å². The van der Waals surface area contributed by atoms with Crippen molar-refractivity contribution in [3.8, 4) is 5.75 Å². The Hall–Kier alpha value is -1.96. The predicted octanol–water partition coefficient (Wildman–Crippen LogP) is 4.18. The number of sulfonamides is 1. The van der Waals surface area contributed by atoms with Gasteiger partial charge < -0.3 is 10.1 Å². The molecule has 6 nitrogen and oxygen atoms in total. The molecule has 9 heteroatoms. The molecule has 0 spiro atoms. The molecule has 0 bridgehead atoms.